The van der Waals surface area contributed by atoms with Crippen LogP contribution in [0.3, 0.4) is 0 Å². The summed E-state index contributed by atoms with van der Waals surface area (Å²) in [6, 6.07) is 3.83. The topological polar surface area (TPSA) is 82.1 Å². The van der Waals surface area contributed by atoms with E-state index >= 15 is 0 Å². The number of ether oxygens (including phenoxy) is 2. The van der Waals surface area contributed by atoms with E-state index in [4.69, 9.17) is 9.47 Å². The summed E-state index contributed by atoms with van der Waals surface area (Å²) >= 11 is 0. The Bertz CT molecular complexity index is 576. The van der Waals surface area contributed by atoms with Gasteiger partial charge in [0.2, 0.25) is 5.95 Å². The van der Waals surface area contributed by atoms with E-state index in [0.717, 1.165) is 13.0 Å². The lowest BCUT2D eigenvalue weighted by Crippen LogP contribution is -2.08. The number of pyridine rings is 1. The van der Waals surface area contributed by atoms with Gasteiger partial charge in [0.1, 0.15) is 11.4 Å². The number of aromatic nitrogens is 4. The van der Waals surface area contributed by atoms with Crippen molar-refractivity contribution >= 4 is 5.95 Å². The Hall–Kier alpha value is -2.44. The molecule has 0 unspecified atom stereocenters. The van der Waals surface area contributed by atoms with Crippen molar-refractivity contribution in [3.8, 4) is 23.3 Å². The minimum absolute atomic E-state index is 0.237. The highest BCUT2D eigenvalue weighted by Crippen LogP contribution is 2.25. The second-order valence-electron chi connectivity index (χ2n) is 3.95. The average Bonchev–Trinajstić information content (AvgIpc) is 2.52. The van der Waals surface area contributed by atoms with E-state index in [-0.39, 0.29) is 6.01 Å². The lowest BCUT2D eigenvalue weighted by molar-refractivity contribution is 0.379. The summed E-state index contributed by atoms with van der Waals surface area (Å²) in [6.45, 7) is 2.83. The lowest BCUT2D eigenvalue weighted by atomic mass is 10.3. The predicted octanol–water partition coefficient (Wildman–Crippen LogP) is 1.77. The molecule has 0 saturated heterocycles. The Morgan fingerprint density at radius 1 is 1.15 bits per heavy atom. The van der Waals surface area contributed by atoms with Gasteiger partial charge < -0.3 is 14.8 Å². The van der Waals surface area contributed by atoms with Crippen LogP contribution in [0.2, 0.25) is 0 Å². The molecular weight excluding hydrogens is 258 g/mol. The van der Waals surface area contributed by atoms with Gasteiger partial charge in [0.05, 0.1) is 14.2 Å². The molecule has 0 spiro atoms. The van der Waals surface area contributed by atoms with Crippen molar-refractivity contribution < 1.29 is 9.47 Å². The fourth-order valence-corrected chi connectivity index (χ4v) is 1.59. The fraction of sp³-hybridized carbons (Fsp3) is 0.385. The van der Waals surface area contributed by atoms with E-state index in [1.165, 1.54) is 7.11 Å². The summed E-state index contributed by atoms with van der Waals surface area (Å²) in [5, 5.41) is 3.11. The third kappa shape index (κ3) is 3.11. The molecule has 7 nitrogen and oxygen atoms in total. The summed E-state index contributed by atoms with van der Waals surface area (Å²) in [6.07, 6.45) is 2.63. The molecule has 0 fully saturated rings. The second kappa shape index (κ2) is 6.65. The molecule has 0 aromatic carbocycles. The Labute approximate surface area is 117 Å². The molecule has 0 bridgehead atoms. The van der Waals surface area contributed by atoms with Gasteiger partial charge in [0.25, 0.3) is 0 Å². The van der Waals surface area contributed by atoms with E-state index in [1.807, 2.05) is 0 Å². The van der Waals surface area contributed by atoms with Crippen LogP contribution in [0.25, 0.3) is 11.5 Å². The molecule has 0 radical (unpaired) electrons. The maximum atomic E-state index is 5.27. The third-order valence-electron chi connectivity index (χ3n) is 2.53. The van der Waals surface area contributed by atoms with Crippen LogP contribution in [-0.2, 0) is 0 Å². The maximum Gasteiger partial charge on any atom is 0.321 e. The lowest BCUT2D eigenvalue weighted by Gasteiger charge is -2.09. The van der Waals surface area contributed by atoms with E-state index in [1.54, 1.807) is 25.4 Å². The fourth-order valence-electron chi connectivity index (χ4n) is 1.59. The average molecular weight is 275 g/mol. The molecule has 1 N–H and O–H groups in total. The molecule has 2 heterocycles. The highest BCUT2D eigenvalue weighted by molar-refractivity contribution is 5.59. The van der Waals surface area contributed by atoms with Gasteiger partial charge in [-0.15, -0.1) is 0 Å². The van der Waals surface area contributed by atoms with Crippen LogP contribution in [0.1, 0.15) is 13.3 Å². The van der Waals surface area contributed by atoms with Crippen LogP contribution in [0.4, 0.5) is 5.95 Å². The molecule has 20 heavy (non-hydrogen) atoms. The zero-order valence-corrected chi connectivity index (χ0v) is 11.8. The SMILES string of the molecule is CCCNc1nc(OC)nc(-c2ncccc2OC)n1. The molecule has 0 aliphatic rings. The van der Waals surface area contributed by atoms with Gasteiger partial charge in [-0.05, 0) is 18.6 Å². The van der Waals surface area contributed by atoms with E-state index in [9.17, 15) is 0 Å². The Morgan fingerprint density at radius 2 is 2.00 bits per heavy atom. The maximum absolute atomic E-state index is 5.27. The van der Waals surface area contributed by atoms with E-state index in [2.05, 4.69) is 32.2 Å². The Morgan fingerprint density at radius 3 is 2.70 bits per heavy atom. The minimum atomic E-state index is 0.237. The number of nitrogens with zero attached hydrogens (tertiary/aromatic N) is 4. The first kappa shape index (κ1) is 14.0. The highest BCUT2D eigenvalue weighted by Gasteiger charge is 2.13. The zero-order chi connectivity index (χ0) is 14.4. The van der Waals surface area contributed by atoms with Gasteiger partial charge in [0.15, 0.2) is 5.82 Å². The first-order chi connectivity index (χ1) is 9.78. The molecule has 0 atom stereocenters. The van der Waals surface area contributed by atoms with Crippen LogP contribution in [0, 0.1) is 0 Å². The predicted molar refractivity (Wildman–Crippen MR) is 74.9 cm³/mol. The van der Waals surface area contributed by atoms with Gasteiger partial charge >= 0.3 is 6.01 Å². The monoisotopic (exact) mass is 275 g/mol. The molecule has 2 aromatic rings. The van der Waals surface area contributed by atoms with Crippen molar-refractivity contribution in [3.63, 3.8) is 0 Å². The molecular formula is C13H17N5O2. The van der Waals surface area contributed by atoms with Crippen LogP contribution in [0.5, 0.6) is 11.8 Å². The summed E-state index contributed by atoms with van der Waals surface area (Å²) in [7, 11) is 3.09. The number of hydrogen-bond donors (Lipinski definition) is 1. The first-order valence-corrected chi connectivity index (χ1v) is 6.31. The van der Waals surface area contributed by atoms with Crippen molar-refractivity contribution in [2.24, 2.45) is 0 Å². The van der Waals surface area contributed by atoms with Crippen LogP contribution >= 0.6 is 0 Å². The van der Waals surface area contributed by atoms with Crippen LogP contribution in [-0.4, -0.2) is 40.7 Å². The van der Waals surface area contributed by atoms with Crippen molar-refractivity contribution in [2.45, 2.75) is 13.3 Å². The summed E-state index contributed by atoms with van der Waals surface area (Å²) < 4.78 is 10.4. The Balaban J connectivity index is 2.44. The highest BCUT2D eigenvalue weighted by atomic mass is 16.5. The molecule has 7 heteroatoms. The zero-order valence-electron chi connectivity index (χ0n) is 11.8. The largest absolute Gasteiger partial charge is 0.494 e. The molecule has 106 valence electrons. The molecule has 0 aliphatic carbocycles. The quantitative estimate of drug-likeness (QED) is 0.860. The number of nitrogens with one attached hydrogen (secondary N) is 1. The van der Waals surface area contributed by atoms with Crippen molar-refractivity contribution in [1.29, 1.82) is 0 Å². The van der Waals surface area contributed by atoms with Crippen molar-refractivity contribution in [3.05, 3.63) is 18.3 Å². The Kier molecular flexibility index (Phi) is 4.65. The summed E-state index contributed by atoms with van der Waals surface area (Å²) in [5.41, 5.74) is 0.551. The molecule has 2 aromatic heterocycles. The van der Waals surface area contributed by atoms with Gasteiger partial charge in [-0.25, -0.2) is 4.98 Å². The van der Waals surface area contributed by atoms with Gasteiger partial charge in [0, 0.05) is 12.7 Å². The van der Waals surface area contributed by atoms with Crippen molar-refractivity contribution in [2.75, 3.05) is 26.1 Å². The summed E-state index contributed by atoms with van der Waals surface area (Å²) in [5.74, 6) is 1.47. The standard InChI is InChI=1S/C13H17N5O2/c1-4-7-15-12-16-11(17-13(18-12)20-3)10-9(19-2)6-5-8-14-10/h5-6,8H,4,7H2,1-3H3,(H,15,16,17,18). The summed E-state index contributed by atoms with van der Waals surface area (Å²) in [4.78, 5) is 17.0. The number of anilines is 1. The smallest absolute Gasteiger partial charge is 0.321 e. The number of rotatable bonds is 6. The molecule has 0 amide bonds. The third-order valence-corrected chi connectivity index (χ3v) is 2.53. The van der Waals surface area contributed by atoms with Gasteiger partial charge in [-0.2, -0.15) is 15.0 Å². The normalized spacial score (nSPS) is 10.2. The van der Waals surface area contributed by atoms with Crippen molar-refractivity contribution in [1.82, 2.24) is 19.9 Å². The number of hydrogen-bond acceptors (Lipinski definition) is 7. The van der Waals surface area contributed by atoms with Crippen LogP contribution in [0.15, 0.2) is 18.3 Å². The molecule has 2 rings (SSSR count). The van der Waals surface area contributed by atoms with E-state index in [0.29, 0.717) is 23.2 Å². The molecule has 0 saturated carbocycles. The minimum Gasteiger partial charge on any atom is -0.494 e. The molecule has 0 aliphatic heterocycles. The van der Waals surface area contributed by atoms with Gasteiger partial charge in [-0.3, -0.25) is 0 Å². The van der Waals surface area contributed by atoms with E-state index < -0.39 is 0 Å². The number of methoxy groups -OCH3 is 2. The first-order valence-electron chi connectivity index (χ1n) is 6.31. The van der Waals surface area contributed by atoms with Gasteiger partial charge in [-0.1, -0.05) is 6.92 Å². The second-order valence-corrected chi connectivity index (χ2v) is 3.95. The van der Waals surface area contributed by atoms with Crippen LogP contribution < -0.4 is 14.8 Å².